The molecule has 0 atom stereocenters. The maximum atomic E-state index is 12.0. The number of aromatic carboxylic acids is 1. The maximum absolute atomic E-state index is 12.0. The molecule has 4 nitrogen and oxygen atoms in total. The number of carboxylic acids is 1. The molecule has 108 valence electrons. The Morgan fingerprint density at radius 1 is 1.19 bits per heavy atom. The van der Waals surface area contributed by atoms with Crippen LogP contribution in [0.15, 0.2) is 46.9 Å². The van der Waals surface area contributed by atoms with Crippen LogP contribution in [0.1, 0.15) is 15.9 Å². The Morgan fingerprint density at radius 2 is 1.90 bits per heavy atom. The summed E-state index contributed by atoms with van der Waals surface area (Å²) in [5.41, 5.74) is 0.774. The van der Waals surface area contributed by atoms with E-state index in [0.29, 0.717) is 15.1 Å². The van der Waals surface area contributed by atoms with Crippen molar-refractivity contribution < 1.29 is 14.7 Å². The van der Waals surface area contributed by atoms with Crippen LogP contribution >= 0.6 is 27.5 Å². The molecule has 1 N–H and O–H groups in total. The number of anilines is 1. The monoisotopic (exact) mass is 366 g/mol. The highest BCUT2D eigenvalue weighted by Crippen LogP contribution is 2.21. The molecule has 2 aromatic carbocycles. The number of halogens is 2. The van der Waals surface area contributed by atoms with E-state index in [1.165, 1.54) is 12.1 Å². The molecule has 21 heavy (non-hydrogen) atoms. The lowest BCUT2D eigenvalue weighted by Gasteiger charge is -2.12. The van der Waals surface area contributed by atoms with Gasteiger partial charge in [0.25, 0.3) is 0 Å². The van der Waals surface area contributed by atoms with Crippen LogP contribution in [0.4, 0.5) is 5.69 Å². The Kier molecular flexibility index (Phi) is 4.98. The van der Waals surface area contributed by atoms with Crippen LogP contribution in [0.25, 0.3) is 0 Å². The lowest BCUT2D eigenvalue weighted by molar-refractivity contribution is -0.254. The third-order valence-electron chi connectivity index (χ3n) is 2.78. The molecule has 0 heterocycles. The summed E-state index contributed by atoms with van der Waals surface area (Å²) in [5.74, 6) is -1.71. The van der Waals surface area contributed by atoms with Gasteiger partial charge in [0.15, 0.2) is 0 Å². The molecule has 0 bridgehead atoms. The Hall–Kier alpha value is -1.85. The predicted molar refractivity (Wildman–Crippen MR) is 82.3 cm³/mol. The minimum absolute atomic E-state index is 0.0578. The number of benzene rings is 2. The van der Waals surface area contributed by atoms with Gasteiger partial charge in [0, 0.05) is 20.7 Å². The molecular weight excluding hydrogens is 358 g/mol. The Bertz CT molecular complexity index is 703. The van der Waals surface area contributed by atoms with Crippen LogP contribution in [0.2, 0.25) is 5.02 Å². The van der Waals surface area contributed by atoms with Crippen molar-refractivity contribution in [2.75, 3.05) is 5.32 Å². The number of carbonyl (C=O) groups excluding carboxylic acids is 2. The predicted octanol–water partition coefficient (Wildman–Crippen LogP) is 2.65. The first kappa shape index (κ1) is 15.5. The zero-order valence-corrected chi connectivity index (χ0v) is 13.1. The van der Waals surface area contributed by atoms with Crippen molar-refractivity contribution in [3.8, 4) is 0 Å². The summed E-state index contributed by atoms with van der Waals surface area (Å²) in [6, 6.07) is 11.5. The maximum Gasteiger partial charge on any atom is 0.228 e. The van der Waals surface area contributed by atoms with E-state index < -0.39 is 5.97 Å². The molecule has 6 heteroatoms. The van der Waals surface area contributed by atoms with Gasteiger partial charge in [-0.05, 0) is 29.8 Å². The lowest BCUT2D eigenvalue weighted by atomic mass is 10.1. The smallest absolute Gasteiger partial charge is 0.228 e. The van der Waals surface area contributed by atoms with Crippen molar-refractivity contribution in [2.24, 2.45) is 0 Å². The second-order valence-corrected chi connectivity index (χ2v) is 5.62. The van der Waals surface area contributed by atoms with Gasteiger partial charge in [0.2, 0.25) is 5.91 Å². The third-order valence-corrected chi connectivity index (χ3v) is 3.65. The summed E-state index contributed by atoms with van der Waals surface area (Å²) in [6.07, 6.45) is 0.0578. The molecule has 0 saturated heterocycles. The van der Waals surface area contributed by atoms with Crippen LogP contribution in [0, 0.1) is 0 Å². The van der Waals surface area contributed by atoms with Gasteiger partial charge in [-0.2, -0.15) is 0 Å². The van der Waals surface area contributed by atoms with E-state index in [1.807, 2.05) is 0 Å². The Morgan fingerprint density at radius 3 is 2.57 bits per heavy atom. The van der Waals surface area contributed by atoms with Crippen molar-refractivity contribution in [1.29, 1.82) is 0 Å². The van der Waals surface area contributed by atoms with Crippen LogP contribution in [0.5, 0.6) is 0 Å². The van der Waals surface area contributed by atoms with E-state index in [4.69, 9.17) is 11.6 Å². The van der Waals surface area contributed by atoms with Crippen LogP contribution < -0.4 is 10.4 Å². The molecular formula is C15H10BrClNO3-. The fourth-order valence-corrected chi connectivity index (χ4v) is 2.37. The molecule has 0 aliphatic carbocycles. The van der Waals surface area contributed by atoms with Crippen LogP contribution in [-0.4, -0.2) is 11.9 Å². The summed E-state index contributed by atoms with van der Waals surface area (Å²) in [7, 11) is 0. The summed E-state index contributed by atoms with van der Waals surface area (Å²) in [4.78, 5) is 23.1. The zero-order valence-electron chi connectivity index (χ0n) is 10.7. The van der Waals surface area contributed by atoms with Gasteiger partial charge >= 0.3 is 0 Å². The quantitative estimate of drug-likeness (QED) is 0.903. The number of nitrogens with one attached hydrogen (secondary N) is 1. The largest absolute Gasteiger partial charge is 0.545 e. The summed E-state index contributed by atoms with van der Waals surface area (Å²) < 4.78 is 0.589. The molecule has 0 fully saturated rings. The lowest BCUT2D eigenvalue weighted by Crippen LogP contribution is -2.25. The molecule has 0 aromatic heterocycles. The summed E-state index contributed by atoms with van der Waals surface area (Å²) in [5, 5.41) is 14.1. The van der Waals surface area contributed by atoms with Crippen molar-refractivity contribution in [1.82, 2.24) is 0 Å². The van der Waals surface area contributed by atoms with E-state index in [9.17, 15) is 14.7 Å². The van der Waals surface area contributed by atoms with E-state index in [0.717, 1.165) is 0 Å². The molecule has 2 aromatic rings. The summed E-state index contributed by atoms with van der Waals surface area (Å²) >= 11 is 9.16. The van der Waals surface area contributed by atoms with Gasteiger partial charge in [-0.15, -0.1) is 0 Å². The highest BCUT2D eigenvalue weighted by molar-refractivity contribution is 9.10. The molecule has 0 aliphatic heterocycles. The fourth-order valence-electron chi connectivity index (χ4n) is 1.80. The molecule has 0 saturated carbocycles. The van der Waals surface area contributed by atoms with Crippen molar-refractivity contribution in [3.05, 3.63) is 63.1 Å². The number of hydrogen-bond donors (Lipinski definition) is 1. The van der Waals surface area contributed by atoms with E-state index >= 15 is 0 Å². The van der Waals surface area contributed by atoms with Crippen LogP contribution in [-0.2, 0) is 11.2 Å². The minimum atomic E-state index is -1.36. The molecule has 0 spiro atoms. The Balaban J connectivity index is 2.17. The van der Waals surface area contributed by atoms with E-state index in [1.54, 1.807) is 30.3 Å². The van der Waals surface area contributed by atoms with Gasteiger partial charge < -0.3 is 15.2 Å². The minimum Gasteiger partial charge on any atom is -0.545 e. The number of carbonyl (C=O) groups is 2. The van der Waals surface area contributed by atoms with Gasteiger partial charge in [-0.3, -0.25) is 4.79 Å². The number of amides is 1. The van der Waals surface area contributed by atoms with E-state index in [2.05, 4.69) is 21.2 Å². The van der Waals surface area contributed by atoms with Gasteiger partial charge in [-0.1, -0.05) is 45.7 Å². The van der Waals surface area contributed by atoms with Crippen molar-refractivity contribution in [3.63, 3.8) is 0 Å². The average Bonchev–Trinajstić information content (AvgIpc) is 2.43. The first-order valence-corrected chi connectivity index (χ1v) is 7.18. The summed E-state index contributed by atoms with van der Waals surface area (Å²) in [6.45, 7) is 0. The van der Waals surface area contributed by atoms with Crippen molar-refractivity contribution in [2.45, 2.75) is 6.42 Å². The Labute approximate surface area is 134 Å². The average molecular weight is 368 g/mol. The van der Waals surface area contributed by atoms with E-state index in [-0.39, 0.29) is 23.6 Å². The highest BCUT2D eigenvalue weighted by Gasteiger charge is 2.10. The molecule has 0 unspecified atom stereocenters. The highest BCUT2D eigenvalue weighted by atomic mass is 79.9. The standard InChI is InChI=1S/C15H11BrClNO3/c16-10-5-6-13(11(8-10)15(20)21)18-14(19)7-9-3-1-2-4-12(9)17/h1-6,8H,7H2,(H,18,19)(H,20,21)/p-1. The normalized spacial score (nSPS) is 10.2. The zero-order chi connectivity index (χ0) is 15.4. The van der Waals surface area contributed by atoms with Gasteiger partial charge in [0.05, 0.1) is 12.4 Å². The molecule has 2 rings (SSSR count). The van der Waals surface area contributed by atoms with Gasteiger partial charge in [-0.25, -0.2) is 0 Å². The number of rotatable bonds is 4. The number of carboxylic acid groups (broad SMARTS) is 1. The SMILES string of the molecule is O=C(Cc1ccccc1Cl)Nc1ccc(Br)cc1C(=O)[O-]. The second kappa shape index (κ2) is 6.74. The first-order chi connectivity index (χ1) is 9.97. The molecule has 1 amide bonds. The second-order valence-electron chi connectivity index (χ2n) is 4.29. The topological polar surface area (TPSA) is 69.2 Å². The fraction of sp³-hybridized carbons (Fsp3) is 0.0667. The molecule has 0 radical (unpaired) electrons. The molecule has 0 aliphatic rings. The first-order valence-electron chi connectivity index (χ1n) is 6.01. The van der Waals surface area contributed by atoms with Crippen LogP contribution in [0.3, 0.4) is 0 Å². The number of hydrogen-bond acceptors (Lipinski definition) is 3. The van der Waals surface area contributed by atoms with Crippen molar-refractivity contribution >= 4 is 45.1 Å². The third kappa shape index (κ3) is 4.06. The van der Waals surface area contributed by atoms with Gasteiger partial charge in [0.1, 0.15) is 0 Å².